The summed E-state index contributed by atoms with van der Waals surface area (Å²) in [5, 5.41) is 4.31. The van der Waals surface area contributed by atoms with Crippen LogP contribution in [0, 0.1) is 12.8 Å². The highest BCUT2D eigenvalue weighted by Crippen LogP contribution is 2.28. The molecule has 16 heavy (non-hydrogen) atoms. The number of aryl methyl sites for hydroxylation is 2. The van der Waals surface area contributed by atoms with Crippen LogP contribution in [0.5, 0.6) is 0 Å². The fourth-order valence-electron chi connectivity index (χ4n) is 2.48. The molecule has 1 aromatic heterocycles. The Labute approximate surface area is 96.8 Å². The highest BCUT2D eigenvalue weighted by Gasteiger charge is 2.26. The van der Waals surface area contributed by atoms with Gasteiger partial charge < -0.3 is 10.5 Å². The van der Waals surface area contributed by atoms with Crippen molar-refractivity contribution in [3.63, 3.8) is 0 Å². The lowest BCUT2D eigenvalue weighted by molar-refractivity contribution is 0.0152. The van der Waals surface area contributed by atoms with Crippen LogP contribution in [0.1, 0.15) is 30.7 Å². The molecule has 4 nitrogen and oxygen atoms in total. The zero-order chi connectivity index (χ0) is 11.5. The van der Waals surface area contributed by atoms with Gasteiger partial charge in [0.2, 0.25) is 0 Å². The first-order valence-corrected chi connectivity index (χ1v) is 6.02. The van der Waals surface area contributed by atoms with E-state index in [0.717, 1.165) is 24.4 Å². The standard InChI is InChI=1S/C12H21N3O/c1-9-6-11(15(2)14-9)8-16-12-5-3-4-10(12)7-13/h6,10,12H,3-5,7-8,13H2,1-2H3. The van der Waals surface area contributed by atoms with E-state index >= 15 is 0 Å². The molecule has 1 saturated carbocycles. The van der Waals surface area contributed by atoms with Crippen molar-refractivity contribution in [3.05, 3.63) is 17.5 Å². The Balaban J connectivity index is 1.89. The molecule has 90 valence electrons. The van der Waals surface area contributed by atoms with Crippen LogP contribution in [0.3, 0.4) is 0 Å². The Morgan fingerprint density at radius 1 is 1.56 bits per heavy atom. The summed E-state index contributed by atoms with van der Waals surface area (Å²) < 4.78 is 7.84. The van der Waals surface area contributed by atoms with Crippen LogP contribution < -0.4 is 5.73 Å². The van der Waals surface area contributed by atoms with Gasteiger partial charge in [0.15, 0.2) is 0 Å². The smallest absolute Gasteiger partial charge is 0.0888 e. The van der Waals surface area contributed by atoms with Crippen molar-refractivity contribution in [2.45, 2.75) is 38.9 Å². The molecule has 1 aromatic rings. The largest absolute Gasteiger partial charge is 0.372 e. The third-order valence-electron chi connectivity index (χ3n) is 3.44. The van der Waals surface area contributed by atoms with Gasteiger partial charge in [0.25, 0.3) is 0 Å². The highest BCUT2D eigenvalue weighted by molar-refractivity contribution is 5.07. The second-order valence-corrected chi connectivity index (χ2v) is 4.68. The zero-order valence-corrected chi connectivity index (χ0v) is 10.1. The molecular formula is C12H21N3O. The summed E-state index contributed by atoms with van der Waals surface area (Å²) in [7, 11) is 1.96. The Hall–Kier alpha value is -0.870. The number of nitrogens with two attached hydrogens (primary N) is 1. The lowest BCUT2D eigenvalue weighted by Crippen LogP contribution is -2.25. The molecule has 1 aliphatic rings. The van der Waals surface area contributed by atoms with Crippen LogP contribution in [0.25, 0.3) is 0 Å². The summed E-state index contributed by atoms with van der Waals surface area (Å²) in [6, 6.07) is 2.08. The Morgan fingerprint density at radius 2 is 2.38 bits per heavy atom. The molecule has 2 rings (SSSR count). The van der Waals surface area contributed by atoms with Crippen LogP contribution in [0.15, 0.2) is 6.07 Å². The maximum atomic E-state index is 5.95. The average molecular weight is 223 g/mol. The van der Waals surface area contributed by atoms with Gasteiger partial charge in [-0.3, -0.25) is 4.68 Å². The first kappa shape index (κ1) is 11.6. The highest BCUT2D eigenvalue weighted by atomic mass is 16.5. The van der Waals surface area contributed by atoms with Crippen molar-refractivity contribution in [2.75, 3.05) is 6.54 Å². The molecule has 4 heteroatoms. The molecule has 2 unspecified atom stereocenters. The van der Waals surface area contributed by atoms with E-state index in [-0.39, 0.29) is 0 Å². The summed E-state index contributed by atoms with van der Waals surface area (Å²) in [6.45, 7) is 3.40. The number of hydrogen-bond acceptors (Lipinski definition) is 3. The normalized spacial score (nSPS) is 25.2. The SMILES string of the molecule is Cc1cc(COC2CCCC2CN)n(C)n1. The fourth-order valence-corrected chi connectivity index (χ4v) is 2.48. The van der Waals surface area contributed by atoms with Crippen LogP contribution in [0.4, 0.5) is 0 Å². The average Bonchev–Trinajstić information content (AvgIpc) is 2.81. The van der Waals surface area contributed by atoms with E-state index in [4.69, 9.17) is 10.5 Å². The molecular weight excluding hydrogens is 202 g/mol. The minimum Gasteiger partial charge on any atom is -0.372 e. The van der Waals surface area contributed by atoms with Gasteiger partial charge in [0.1, 0.15) is 0 Å². The van der Waals surface area contributed by atoms with Crippen molar-refractivity contribution in [1.82, 2.24) is 9.78 Å². The Morgan fingerprint density at radius 3 is 3.00 bits per heavy atom. The second kappa shape index (κ2) is 4.97. The quantitative estimate of drug-likeness (QED) is 0.839. The number of aromatic nitrogens is 2. The van der Waals surface area contributed by atoms with Gasteiger partial charge in [-0.1, -0.05) is 6.42 Å². The Bertz CT molecular complexity index is 348. The van der Waals surface area contributed by atoms with Gasteiger partial charge in [0.05, 0.1) is 24.1 Å². The monoisotopic (exact) mass is 223 g/mol. The maximum Gasteiger partial charge on any atom is 0.0888 e. The van der Waals surface area contributed by atoms with Crippen LogP contribution in [0.2, 0.25) is 0 Å². The van der Waals surface area contributed by atoms with E-state index in [0.29, 0.717) is 18.6 Å². The fraction of sp³-hybridized carbons (Fsp3) is 0.750. The van der Waals surface area contributed by atoms with Crippen molar-refractivity contribution >= 4 is 0 Å². The van der Waals surface area contributed by atoms with E-state index in [2.05, 4.69) is 11.2 Å². The van der Waals surface area contributed by atoms with Gasteiger partial charge in [-0.2, -0.15) is 5.10 Å². The van der Waals surface area contributed by atoms with Crippen LogP contribution >= 0.6 is 0 Å². The molecule has 0 aromatic carbocycles. The molecule has 0 saturated heterocycles. The number of hydrogen-bond donors (Lipinski definition) is 1. The van der Waals surface area contributed by atoms with E-state index in [1.165, 1.54) is 12.8 Å². The van der Waals surface area contributed by atoms with Crippen molar-refractivity contribution in [1.29, 1.82) is 0 Å². The summed E-state index contributed by atoms with van der Waals surface area (Å²) >= 11 is 0. The number of rotatable bonds is 4. The molecule has 1 heterocycles. The second-order valence-electron chi connectivity index (χ2n) is 4.68. The maximum absolute atomic E-state index is 5.95. The molecule has 0 radical (unpaired) electrons. The molecule has 2 N–H and O–H groups in total. The van der Waals surface area contributed by atoms with E-state index in [1.807, 2.05) is 18.7 Å². The molecule has 0 amide bonds. The topological polar surface area (TPSA) is 53.1 Å². The Kier molecular flexibility index (Phi) is 3.61. The molecule has 0 aliphatic heterocycles. The van der Waals surface area contributed by atoms with Gasteiger partial charge in [-0.05, 0) is 38.3 Å². The minimum atomic E-state index is 0.347. The van der Waals surface area contributed by atoms with E-state index in [9.17, 15) is 0 Å². The molecule has 1 fully saturated rings. The van der Waals surface area contributed by atoms with Gasteiger partial charge in [-0.15, -0.1) is 0 Å². The molecule has 1 aliphatic carbocycles. The molecule has 0 bridgehead atoms. The van der Waals surface area contributed by atoms with Crippen molar-refractivity contribution in [3.8, 4) is 0 Å². The van der Waals surface area contributed by atoms with Crippen LogP contribution in [-0.4, -0.2) is 22.4 Å². The first-order valence-electron chi connectivity index (χ1n) is 6.02. The summed E-state index contributed by atoms with van der Waals surface area (Å²) in [5.41, 5.74) is 7.91. The number of ether oxygens (including phenoxy) is 1. The summed E-state index contributed by atoms with van der Waals surface area (Å²) in [4.78, 5) is 0. The zero-order valence-electron chi connectivity index (χ0n) is 10.1. The van der Waals surface area contributed by atoms with E-state index in [1.54, 1.807) is 0 Å². The molecule has 2 atom stereocenters. The first-order chi connectivity index (χ1) is 7.70. The van der Waals surface area contributed by atoms with Crippen LogP contribution in [-0.2, 0) is 18.4 Å². The third kappa shape index (κ3) is 2.44. The predicted molar refractivity (Wildman–Crippen MR) is 62.9 cm³/mol. The lowest BCUT2D eigenvalue weighted by atomic mass is 10.1. The summed E-state index contributed by atoms with van der Waals surface area (Å²) in [6.07, 6.45) is 3.96. The lowest BCUT2D eigenvalue weighted by Gasteiger charge is -2.18. The van der Waals surface area contributed by atoms with Gasteiger partial charge in [0, 0.05) is 7.05 Å². The van der Waals surface area contributed by atoms with Crippen molar-refractivity contribution < 1.29 is 4.74 Å². The summed E-state index contributed by atoms with van der Waals surface area (Å²) in [5.74, 6) is 0.550. The third-order valence-corrected chi connectivity index (χ3v) is 3.44. The van der Waals surface area contributed by atoms with Gasteiger partial charge in [-0.25, -0.2) is 0 Å². The van der Waals surface area contributed by atoms with E-state index < -0.39 is 0 Å². The predicted octanol–water partition coefficient (Wildman–Crippen LogP) is 1.37. The minimum absolute atomic E-state index is 0.347. The number of nitrogens with zero attached hydrogens (tertiary/aromatic N) is 2. The van der Waals surface area contributed by atoms with Gasteiger partial charge >= 0.3 is 0 Å². The molecule has 0 spiro atoms. The van der Waals surface area contributed by atoms with Crippen molar-refractivity contribution in [2.24, 2.45) is 18.7 Å².